The molecule has 6 heteroatoms. The van der Waals surface area contributed by atoms with Crippen LogP contribution in [0.15, 0.2) is 17.5 Å². The van der Waals surface area contributed by atoms with Crippen molar-refractivity contribution in [3.63, 3.8) is 0 Å². The number of piperidine rings is 1. The summed E-state index contributed by atoms with van der Waals surface area (Å²) in [6, 6.07) is 5.06. The molecule has 3 aliphatic rings. The van der Waals surface area contributed by atoms with Gasteiger partial charge in [-0.1, -0.05) is 12.5 Å². The van der Waals surface area contributed by atoms with Crippen LogP contribution in [0.25, 0.3) is 0 Å². The number of anilines is 1. The minimum absolute atomic E-state index is 0.481. The van der Waals surface area contributed by atoms with Gasteiger partial charge in [0.15, 0.2) is 0 Å². The van der Waals surface area contributed by atoms with Gasteiger partial charge >= 0.3 is 0 Å². The minimum atomic E-state index is 0.481. The van der Waals surface area contributed by atoms with Crippen molar-refractivity contribution in [3.8, 4) is 0 Å². The van der Waals surface area contributed by atoms with Gasteiger partial charge in [-0.25, -0.2) is 0 Å². The Bertz CT molecular complexity index is 722. The Labute approximate surface area is 159 Å². The van der Waals surface area contributed by atoms with E-state index in [1.165, 1.54) is 42.8 Å². The summed E-state index contributed by atoms with van der Waals surface area (Å²) in [5.74, 6) is 3.64. The second-order valence-corrected chi connectivity index (χ2v) is 9.04. The second kappa shape index (κ2) is 7.31. The van der Waals surface area contributed by atoms with Crippen LogP contribution in [0.3, 0.4) is 0 Å². The Kier molecular flexibility index (Phi) is 4.71. The predicted molar refractivity (Wildman–Crippen MR) is 104 cm³/mol. The Balaban J connectivity index is 1.50. The smallest absolute Gasteiger partial charge is 0.227 e. The van der Waals surface area contributed by atoms with E-state index >= 15 is 0 Å². The van der Waals surface area contributed by atoms with Crippen molar-refractivity contribution >= 4 is 17.3 Å². The van der Waals surface area contributed by atoms with E-state index in [2.05, 4.69) is 27.0 Å². The number of ether oxygens (including phenoxy) is 1. The summed E-state index contributed by atoms with van der Waals surface area (Å²) in [4.78, 5) is 3.99. The number of aromatic nitrogens is 3. The summed E-state index contributed by atoms with van der Waals surface area (Å²) in [6.45, 7) is 3.73. The highest BCUT2D eigenvalue weighted by Crippen LogP contribution is 2.39. The lowest BCUT2D eigenvalue weighted by Crippen LogP contribution is -2.44. The Hall–Kier alpha value is -1.40. The van der Waals surface area contributed by atoms with Gasteiger partial charge in [0.2, 0.25) is 5.95 Å². The molecule has 2 aliphatic heterocycles. The molecule has 2 aromatic heterocycles. The fourth-order valence-electron chi connectivity index (χ4n) is 5.19. The highest BCUT2D eigenvalue weighted by molar-refractivity contribution is 7.09. The van der Waals surface area contributed by atoms with Gasteiger partial charge in [-0.05, 0) is 55.9 Å². The molecule has 5 rings (SSSR count). The molecule has 0 spiro atoms. The predicted octanol–water partition coefficient (Wildman–Crippen LogP) is 4.05. The zero-order valence-corrected chi connectivity index (χ0v) is 16.2. The van der Waals surface area contributed by atoms with E-state index < -0.39 is 0 Å². The lowest BCUT2D eigenvalue weighted by Gasteiger charge is -2.38. The molecule has 0 aromatic carbocycles. The van der Waals surface area contributed by atoms with E-state index in [9.17, 15) is 0 Å². The quantitative estimate of drug-likeness (QED) is 0.812. The molecule has 0 amide bonds. The zero-order chi connectivity index (χ0) is 17.3. The lowest BCUT2D eigenvalue weighted by molar-refractivity contribution is 0.0828. The van der Waals surface area contributed by atoms with Gasteiger partial charge in [0.05, 0.1) is 6.54 Å². The van der Waals surface area contributed by atoms with E-state index in [4.69, 9.17) is 14.9 Å². The van der Waals surface area contributed by atoms with Gasteiger partial charge in [0.1, 0.15) is 5.82 Å². The van der Waals surface area contributed by atoms with Crippen LogP contribution in [0.1, 0.15) is 61.6 Å². The summed E-state index contributed by atoms with van der Waals surface area (Å²) in [6.07, 6.45) is 8.91. The molecule has 140 valence electrons. The van der Waals surface area contributed by atoms with Crippen molar-refractivity contribution in [1.29, 1.82) is 0 Å². The highest BCUT2D eigenvalue weighted by Gasteiger charge is 2.38. The van der Waals surface area contributed by atoms with E-state index in [0.717, 1.165) is 51.0 Å². The summed E-state index contributed by atoms with van der Waals surface area (Å²) >= 11 is 1.83. The summed E-state index contributed by atoms with van der Waals surface area (Å²) in [5, 5.41) is 11.7. The molecule has 1 aliphatic carbocycles. The maximum absolute atomic E-state index is 5.58. The van der Waals surface area contributed by atoms with E-state index in [0.29, 0.717) is 12.0 Å². The van der Waals surface area contributed by atoms with Crippen LogP contribution in [0.2, 0.25) is 0 Å². The summed E-state index contributed by atoms with van der Waals surface area (Å²) in [5.41, 5.74) is 0. The molecule has 0 N–H and O–H groups in total. The maximum Gasteiger partial charge on any atom is 0.227 e. The molecular formula is C20H28N4OS. The van der Waals surface area contributed by atoms with Gasteiger partial charge in [-0.15, -0.1) is 21.5 Å². The van der Waals surface area contributed by atoms with Crippen molar-refractivity contribution in [2.75, 3.05) is 24.7 Å². The largest absolute Gasteiger partial charge is 0.381 e. The van der Waals surface area contributed by atoms with Crippen molar-refractivity contribution in [3.05, 3.63) is 28.2 Å². The van der Waals surface area contributed by atoms with Crippen molar-refractivity contribution < 1.29 is 4.74 Å². The molecule has 2 saturated heterocycles. The second-order valence-electron chi connectivity index (χ2n) is 8.00. The van der Waals surface area contributed by atoms with Crippen molar-refractivity contribution in [2.24, 2.45) is 5.92 Å². The molecule has 2 atom stereocenters. The summed E-state index contributed by atoms with van der Waals surface area (Å²) in [7, 11) is 0. The lowest BCUT2D eigenvalue weighted by atomic mass is 9.92. The minimum Gasteiger partial charge on any atom is -0.381 e. The highest BCUT2D eigenvalue weighted by atomic mass is 32.1. The van der Waals surface area contributed by atoms with Crippen LogP contribution in [-0.2, 0) is 11.3 Å². The Morgan fingerprint density at radius 2 is 1.96 bits per heavy atom. The van der Waals surface area contributed by atoms with E-state index in [-0.39, 0.29) is 0 Å². The van der Waals surface area contributed by atoms with E-state index in [1.54, 1.807) is 0 Å². The number of fused-ring (bicyclic) bond motifs is 1. The van der Waals surface area contributed by atoms with Gasteiger partial charge in [0, 0.05) is 36.6 Å². The van der Waals surface area contributed by atoms with Crippen LogP contribution in [0, 0.1) is 5.92 Å². The van der Waals surface area contributed by atoms with Crippen LogP contribution >= 0.6 is 11.3 Å². The molecule has 0 radical (unpaired) electrons. The van der Waals surface area contributed by atoms with Crippen molar-refractivity contribution in [1.82, 2.24) is 14.8 Å². The fraction of sp³-hybridized carbons (Fsp3) is 0.700. The fourth-order valence-corrected chi connectivity index (χ4v) is 5.88. The SMILES string of the molecule is c1csc(Cn2c(C3CCOCC3)nnc2N2CCCC3CCCC32)c1. The first-order chi connectivity index (χ1) is 12.9. The first-order valence-electron chi connectivity index (χ1n) is 10.2. The Morgan fingerprint density at radius 3 is 2.81 bits per heavy atom. The normalized spacial score (nSPS) is 27.0. The van der Waals surface area contributed by atoms with Crippen LogP contribution in [-0.4, -0.2) is 40.6 Å². The summed E-state index contributed by atoms with van der Waals surface area (Å²) < 4.78 is 8.01. The number of thiophene rings is 1. The zero-order valence-electron chi connectivity index (χ0n) is 15.3. The van der Waals surface area contributed by atoms with Crippen LogP contribution in [0.5, 0.6) is 0 Å². The van der Waals surface area contributed by atoms with Crippen LogP contribution in [0.4, 0.5) is 5.95 Å². The standard InChI is InChI=1S/C20H28N4OS/c1-4-15-5-2-10-23(18(15)7-1)20-22-21-19(16-8-11-25-12-9-16)24(20)14-17-6-3-13-26-17/h3,6,13,15-16,18H,1-2,4-5,7-12,14H2. The number of hydrogen-bond donors (Lipinski definition) is 0. The average Bonchev–Trinajstić information content (AvgIpc) is 3.43. The van der Waals surface area contributed by atoms with E-state index in [1.807, 2.05) is 11.3 Å². The number of hydrogen-bond acceptors (Lipinski definition) is 5. The molecule has 2 unspecified atom stereocenters. The molecule has 5 nitrogen and oxygen atoms in total. The maximum atomic E-state index is 5.58. The third kappa shape index (κ3) is 3.07. The number of rotatable bonds is 4. The molecular weight excluding hydrogens is 344 g/mol. The van der Waals surface area contributed by atoms with Crippen LogP contribution < -0.4 is 4.90 Å². The molecule has 0 bridgehead atoms. The first-order valence-corrected chi connectivity index (χ1v) is 11.1. The average molecular weight is 373 g/mol. The third-order valence-electron chi connectivity index (χ3n) is 6.49. The van der Waals surface area contributed by atoms with Gasteiger partial charge in [-0.2, -0.15) is 0 Å². The topological polar surface area (TPSA) is 43.2 Å². The van der Waals surface area contributed by atoms with Crippen molar-refractivity contribution in [2.45, 2.75) is 63.5 Å². The molecule has 1 saturated carbocycles. The first kappa shape index (κ1) is 16.8. The molecule has 4 heterocycles. The molecule has 3 fully saturated rings. The molecule has 26 heavy (non-hydrogen) atoms. The number of nitrogens with zero attached hydrogens (tertiary/aromatic N) is 4. The third-order valence-corrected chi connectivity index (χ3v) is 7.35. The van der Waals surface area contributed by atoms with Gasteiger partial charge in [-0.3, -0.25) is 4.57 Å². The monoisotopic (exact) mass is 372 g/mol. The van der Waals surface area contributed by atoms with Gasteiger partial charge < -0.3 is 9.64 Å². The molecule has 2 aromatic rings. The Morgan fingerprint density at radius 1 is 1.08 bits per heavy atom. The van der Waals surface area contributed by atoms with Gasteiger partial charge in [0.25, 0.3) is 0 Å².